The first-order chi connectivity index (χ1) is 16.9. The van der Waals surface area contributed by atoms with Crippen molar-refractivity contribution in [2.45, 2.75) is 19.4 Å². The number of rotatable bonds is 4. The van der Waals surface area contributed by atoms with E-state index in [1.54, 1.807) is 21.5 Å². The SMILES string of the molecule is Cc1nn2c3c(nc2s1)CCN(C(=O)COc1cccc2c1ccn2C)C3c1ccc(Cl)cc1F. The summed E-state index contributed by atoms with van der Waals surface area (Å²) >= 11 is 7.49. The number of amides is 1. The lowest BCUT2D eigenvalue weighted by Crippen LogP contribution is -2.43. The van der Waals surface area contributed by atoms with Crippen LogP contribution < -0.4 is 4.74 Å². The van der Waals surface area contributed by atoms with Gasteiger partial charge in [0.2, 0.25) is 4.96 Å². The summed E-state index contributed by atoms with van der Waals surface area (Å²) in [5, 5.41) is 6.65. The fraction of sp³-hybridized carbons (Fsp3) is 0.240. The largest absolute Gasteiger partial charge is 0.483 e. The fourth-order valence-electron chi connectivity index (χ4n) is 4.79. The number of hydrogen-bond donors (Lipinski definition) is 0. The Morgan fingerprint density at radius 3 is 2.97 bits per heavy atom. The van der Waals surface area contributed by atoms with Crippen LogP contribution in [0.25, 0.3) is 15.9 Å². The number of fused-ring (bicyclic) bond motifs is 4. The summed E-state index contributed by atoms with van der Waals surface area (Å²) in [7, 11) is 1.96. The zero-order valence-corrected chi connectivity index (χ0v) is 20.6. The van der Waals surface area contributed by atoms with Crippen molar-refractivity contribution < 1.29 is 13.9 Å². The number of aromatic nitrogens is 4. The van der Waals surface area contributed by atoms with E-state index in [-0.39, 0.29) is 12.5 Å². The fourth-order valence-corrected chi connectivity index (χ4v) is 5.72. The van der Waals surface area contributed by atoms with Crippen LogP contribution >= 0.6 is 22.9 Å². The van der Waals surface area contributed by atoms with Gasteiger partial charge < -0.3 is 14.2 Å². The molecule has 0 saturated heterocycles. The molecule has 0 N–H and O–H groups in total. The van der Waals surface area contributed by atoms with Crippen LogP contribution in [0.5, 0.6) is 5.75 Å². The topological polar surface area (TPSA) is 64.7 Å². The van der Waals surface area contributed by atoms with Crippen molar-refractivity contribution in [1.29, 1.82) is 0 Å². The Balaban J connectivity index is 1.38. The summed E-state index contributed by atoms with van der Waals surface area (Å²) in [5.74, 6) is -0.0971. The second kappa shape index (κ2) is 8.35. The van der Waals surface area contributed by atoms with Gasteiger partial charge in [0.1, 0.15) is 22.6 Å². The van der Waals surface area contributed by atoms with Crippen molar-refractivity contribution in [1.82, 2.24) is 24.1 Å². The van der Waals surface area contributed by atoms with E-state index in [2.05, 4.69) is 5.10 Å². The number of ether oxygens (including phenoxy) is 1. The molecule has 1 unspecified atom stereocenters. The van der Waals surface area contributed by atoms with Crippen LogP contribution in [-0.4, -0.2) is 43.1 Å². The van der Waals surface area contributed by atoms with Crippen LogP contribution in [0.1, 0.15) is 28.0 Å². The molecule has 10 heteroatoms. The smallest absolute Gasteiger partial charge is 0.261 e. The third-order valence-corrected chi connectivity index (χ3v) is 7.45. The Hall–Kier alpha value is -3.43. The normalized spacial score (nSPS) is 15.7. The maximum atomic E-state index is 15.2. The number of imidazole rings is 1. The molecule has 0 fully saturated rings. The third kappa shape index (κ3) is 3.66. The monoisotopic (exact) mass is 509 g/mol. The van der Waals surface area contributed by atoms with Crippen LogP contribution in [0.15, 0.2) is 48.7 Å². The van der Waals surface area contributed by atoms with Gasteiger partial charge in [0, 0.05) is 42.2 Å². The van der Waals surface area contributed by atoms with Gasteiger partial charge >= 0.3 is 0 Å². The molecule has 3 aromatic heterocycles. The maximum absolute atomic E-state index is 15.2. The van der Waals surface area contributed by atoms with Gasteiger partial charge in [0.25, 0.3) is 5.91 Å². The molecule has 0 saturated carbocycles. The molecule has 1 aliphatic rings. The minimum Gasteiger partial charge on any atom is -0.483 e. The number of nitrogens with zero attached hydrogens (tertiary/aromatic N) is 5. The van der Waals surface area contributed by atoms with Crippen molar-refractivity contribution in [2.75, 3.05) is 13.2 Å². The second-order valence-corrected chi connectivity index (χ2v) is 10.2. The van der Waals surface area contributed by atoms with Crippen molar-refractivity contribution in [3.8, 4) is 5.75 Å². The third-order valence-electron chi connectivity index (χ3n) is 6.39. The van der Waals surface area contributed by atoms with Gasteiger partial charge in [-0.15, -0.1) is 0 Å². The minimum atomic E-state index is -0.698. The molecule has 7 nitrogen and oxygen atoms in total. The van der Waals surface area contributed by atoms with Crippen LogP contribution in [0, 0.1) is 12.7 Å². The molecule has 1 atom stereocenters. The summed E-state index contributed by atoms with van der Waals surface area (Å²) in [5.41, 5.74) is 2.89. The van der Waals surface area contributed by atoms with Crippen molar-refractivity contribution >= 4 is 44.7 Å². The van der Waals surface area contributed by atoms with E-state index in [0.29, 0.717) is 35.0 Å². The highest BCUT2D eigenvalue weighted by Gasteiger charge is 2.38. The van der Waals surface area contributed by atoms with Gasteiger partial charge in [0.15, 0.2) is 6.61 Å². The molecule has 2 aromatic carbocycles. The summed E-state index contributed by atoms with van der Waals surface area (Å²) in [4.78, 5) is 20.7. The van der Waals surface area contributed by atoms with Gasteiger partial charge in [-0.3, -0.25) is 4.79 Å². The lowest BCUT2D eigenvalue weighted by atomic mass is 9.95. The standard InChI is InChI=1S/C25H21ClFN5O2S/c1-14-29-32-24-19(28-25(32)35-14)9-11-31(23(24)16-7-6-15(26)12-18(16)27)22(33)13-34-21-5-3-4-20-17(21)8-10-30(20)2/h3-8,10,12,23H,9,11,13H2,1-2H3. The minimum absolute atomic E-state index is 0.174. The molecular weight excluding hydrogens is 489 g/mol. The molecule has 1 aliphatic heterocycles. The number of benzene rings is 2. The molecule has 5 aromatic rings. The van der Waals surface area contributed by atoms with E-state index in [1.807, 2.05) is 49.0 Å². The quantitative estimate of drug-likeness (QED) is 0.344. The average Bonchev–Trinajstić information content (AvgIpc) is 3.49. The highest BCUT2D eigenvalue weighted by atomic mass is 35.5. The maximum Gasteiger partial charge on any atom is 0.261 e. The van der Waals surface area contributed by atoms with E-state index in [1.165, 1.54) is 17.4 Å². The molecule has 0 radical (unpaired) electrons. The first-order valence-electron chi connectivity index (χ1n) is 11.2. The lowest BCUT2D eigenvalue weighted by molar-refractivity contribution is -0.135. The van der Waals surface area contributed by atoms with Crippen molar-refractivity contribution in [3.05, 3.63) is 81.5 Å². The van der Waals surface area contributed by atoms with Gasteiger partial charge in [0.05, 0.1) is 16.9 Å². The summed E-state index contributed by atoms with van der Waals surface area (Å²) in [6, 6.07) is 11.5. The van der Waals surface area contributed by atoms with E-state index < -0.39 is 11.9 Å². The number of hydrogen-bond acceptors (Lipinski definition) is 5. The molecule has 178 valence electrons. The molecule has 0 aliphatic carbocycles. The number of halogens is 2. The zero-order chi connectivity index (χ0) is 24.3. The molecular formula is C25H21ClFN5O2S. The summed E-state index contributed by atoms with van der Waals surface area (Å²) in [6.45, 7) is 2.11. The second-order valence-electron chi connectivity index (χ2n) is 8.57. The molecule has 0 spiro atoms. The lowest BCUT2D eigenvalue weighted by Gasteiger charge is -2.35. The first-order valence-corrected chi connectivity index (χ1v) is 12.4. The predicted octanol–water partition coefficient (Wildman–Crippen LogP) is 4.94. The molecule has 0 bridgehead atoms. The Bertz CT molecular complexity index is 1610. The zero-order valence-electron chi connectivity index (χ0n) is 19.0. The highest BCUT2D eigenvalue weighted by molar-refractivity contribution is 7.16. The van der Waals surface area contributed by atoms with E-state index >= 15 is 4.39 Å². The van der Waals surface area contributed by atoms with E-state index in [0.717, 1.165) is 26.6 Å². The van der Waals surface area contributed by atoms with Crippen LogP contribution in [0.2, 0.25) is 5.02 Å². The molecule has 35 heavy (non-hydrogen) atoms. The van der Waals surface area contributed by atoms with Crippen LogP contribution in [-0.2, 0) is 18.3 Å². The Kier molecular flexibility index (Phi) is 5.26. The Morgan fingerprint density at radius 1 is 1.29 bits per heavy atom. The summed E-state index contributed by atoms with van der Waals surface area (Å²) in [6.07, 6.45) is 2.50. The number of carbonyl (C=O) groups is 1. The van der Waals surface area contributed by atoms with Gasteiger partial charge in [-0.05, 0) is 37.3 Å². The summed E-state index contributed by atoms with van der Waals surface area (Å²) < 4.78 is 24.9. The number of aryl methyl sites for hydroxylation is 2. The van der Waals surface area contributed by atoms with Crippen molar-refractivity contribution in [2.24, 2.45) is 7.05 Å². The van der Waals surface area contributed by atoms with Crippen LogP contribution in [0.4, 0.5) is 4.39 Å². The van der Waals surface area contributed by atoms with E-state index in [4.69, 9.17) is 21.3 Å². The van der Waals surface area contributed by atoms with E-state index in [9.17, 15) is 4.79 Å². The van der Waals surface area contributed by atoms with Gasteiger partial charge in [-0.1, -0.05) is 35.1 Å². The Morgan fingerprint density at radius 2 is 2.14 bits per heavy atom. The number of carbonyl (C=O) groups excluding carboxylic acids is 1. The van der Waals surface area contributed by atoms with Gasteiger partial charge in [-0.2, -0.15) is 5.10 Å². The van der Waals surface area contributed by atoms with Gasteiger partial charge in [-0.25, -0.2) is 13.9 Å². The molecule has 6 rings (SSSR count). The molecule has 4 heterocycles. The highest BCUT2D eigenvalue weighted by Crippen LogP contribution is 2.38. The average molecular weight is 510 g/mol. The van der Waals surface area contributed by atoms with Crippen LogP contribution in [0.3, 0.4) is 0 Å². The Labute approximate surface area is 209 Å². The predicted molar refractivity (Wildman–Crippen MR) is 133 cm³/mol. The first kappa shape index (κ1) is 22.1. The molecule has 1 amide bonds. The van der Waals surface area contributed by atoms with Crippen molar-refractivity contribution in [3.63, 3.8) is 0 Å².